The first-order valence-electron chi connectivity index (χ1n) is 11.7. The number of hydrogen-bond donors (Lipinski definition) is 3. The van der Waals surface area contributed by atoms with Crippen LogP contribution in [0.5, 0.6) is 0 Å². The molecule has 0 bridgehead atoms. The minimum atomic E-state index is -0.855. The summed E-state index contributed by atoms with van der Waals surface area (Å²) in [5.74, 6) is -1.56. The van der Waals surface area contributed by atoms with Gasteiger partial charge >= 0.3 is 5.97 Å². The molecular weight excluding hydrogens is 472 g/mol. The molecule has 1 saturated carbocycles. The van der Waals surface area contributed by atoms with Crippen molar-refractivity contribution < 1.29 is 24.9 Å². The number of carboxylic acid groups (broad SMARTS) is 1. The summed E-state index contributed by atoms with van der Waals surface area (Å²) in [5.41, 5.74) is -0.855. The second-order valence-electron chi connectivity index (χ2n) is 9.53. The minimum absolute atomic E-state index is 0.0105. The first kappa shape index (κ1) is 26.6. The van der Waals surface area contributed by atoms with Gasteiger partial charge in [-0.3, -0.25) is 9.59 Å². The standard InChI is InChI=1S/C27H33ClO5S/c1-27(2)25(32)18(9-5-3-4-6-12-23(30)31)19(26(27)33)15-13-17(29)14-16-22-24(28)20-10-7-8-11-21(20)34-22/h3,5,7-8,10-11,13,15,17-19,26,29,33H,4,6,9,12,14,16H2,1-2H3,(H,30,31). The molecule has 0 spiro atoms. The monoisotopic (exact) mass is 504 g/mol. The highest BCUT2D eigenvalue weighted by Crippen LogP contribution is 2.45. The van der Waals surface area contributed by atoms with E-state index in [4.69, 9.17) is 16.7 Å². The zero-order valence-electron chi connectivity index (χ0n) is 19.6. The number of thiophene rings is 1. The fraction of sp³-hybridized carbons (Fsp3) is 0.481. The maximum absolute atomic E-state index is 13.0. The zero-order valence-corrected chi connectivity index (χ0v) is 21.2. The molecule has 184 valence electrons. The quantitative estimate of drug-likeness (QED) is 0.265. The van der Waals surface area contributed by atoms with Crippen LogP contribution >= 0.6 is 22.9 Å². The predicted molar refractivity (Wildman–Crippen MR) is 137 cm³/mol. The van der Waals surface area contributed by atoms with Crippen molar-refractivity contribution in [1.82, 2.24) is 0 Å². The second-order valence-corrected chi connectivity index (χ2v) is 11.0. The molecule has 3 rings (SSSR count). The van der Waals surface area contributed by atoms with Crippen molar-refractivity contribution in [3.8, 4) is 0 Å². The summed E-state index contributed by atoms with van der Waals surface area (Å²) in [4.78, 5) is 24.6. The summed E-state index contributed by atoms with van der Waals surface area (Å²) in [6.07, 6.45) is 8.68. The maximum atomic E-state index is 13.0. The third kappa shape index (κ3) is 6.16. The van der Waals surface area contributed by atoms with Crippen molar-refractivity contribution in [3.05, 3.63) is 58.5 Å². The van der Waals surface area contributed by atoms with Gasteiger partial charge in [-0.25, -0.2) is 0 Å². The van der Waals surface area contributed by atoms with E-state index in [0.29, 0.717) is 32.1 Å². The average molecular weight is 505 g/mol. The van der Waals surface area contributed by atoms with Crippen molar-refractivity contribution in [2.45, 2.75) is 64.6 Å². The normalized spacial score (nSPS) is 23.4. The highest BCUT2D eigenvalue weighted by Gasteiger charge is 2.52. The molecule has 5 nitrogen and oxygen atoms in total. The van der Waals surface area contributed by atoms with Gasteiger partial charge in [0.05, 0.1) is 22.6 Å². The maximum Gasteiger partial charge on any atom is 0.303 e. The Morgan fingerprint density at radius 1 is 1.26 bits per heavy atom. The molecule has 3 N–H and O–H groups in total. The Morgan fingerprint density at radius 3 is 2.71 bits per heavy atom. The summed E-state index contributed by atoms with van der Waals surface area (Å²) in [5, 5.41) is 31.9. The lowest BCUT2D eigenvalue weighted by Gasteiger charge is -2.22. The van der Waals surface area contributed by atoms with Crippen molar-refractivity contribution in [3.63, 3.8) is 0 Å². The molecule has 4 atom stereocenters. The third-order valence-electron chi connectivity index (χ3n) is 6.68. The molecule has 0 aliphatic heterocycles. The van der Waals surface area contributed by atoms with E-state index in [1.54, 1.807) is 37.3 Å². The zero-order chi connectivity index (χ0) is 24.9. The SMILES string of the molecule is CC1(C)C(=O)C(CC=CCCCC(=O)O)C(C=CC(O)CCc2sc3ccccc3c2Cl)C1O. The topological polar surface area (TPSA) is 94.8 Å². The minimum Gasteiger partial charge on any atom is -0.481 e. The molecule has 1 aliphatic rings. The van der Waals surface area contributed by atoms with Crippen LogP contribution in [0.1, 0.15) is 50.8 Å². The number of aryl methyl sites for hydroxylation is 1. The van der Waals surface area contributed by atoms with Gasteiger partial charge < -0.3 is 15.3 Å². The number of aliphatic carboxylic acids is 1. The molecule has 0 saturated heterocycles. The van der Waals surface area contributed by atoms with Crippen LogP contribution in [0.25, 0.3) is 10.1 Å². The van der Waals surface area contributed by atoms with Crippen LogP contribution in [0.2, 0.25) is 5.02 Å². The Kier molecular flexibility index (Phi) is 9.10. The number of allylic oxidation sites excluding steroid dienone is 2. The molecule has 0 amide bonds. The van der Waals surface area contributed by atoms with Crippen molar-refractivity contribution in [1.29, 1.82) is 0 Å². The fourth-order valence-corrected chi connectivity index (χ4v) is 6.13. The summed E-state index contributed by atoms with van der Waals surface area (Å²) in [7, 11) is 0. The highest BCUT2D eigenvalue weighted by molar-refractivity contribution is 7.19. The van der Waals surface area contributed by atoms with Gasteiger partial charge in [0.1, 0.15) is 5.78 Å². The van der Waals surface area contributed by atoms with Crippen LogP contribution in [-0.2, 0) is 16.0 Å². The number of halogens is 1. The first-order chi connectivity index (χ1) is 16.1. The van der Waals surface area contributed by atoms with Gasteiger partial charge in [0.15, 0.2) is 0 Å². The number of fused-ring (bicyclic) bond motifs is 1. The fourth-order valence-electron chi connectivity index (χ4n) is 4.59. The van der Waals surface area contributed by atoms with Crippen LogP contribution in [0.4, 0.5) is 0 Å². The molecule has 0 radical (unpaired) electrons. The van der Waals surface area contributed by atoms with Crippen molar-refractivity contribution >= 4 is 44.8 Å². The smallest absolute Gasteiger partial charge is 0.303 e. The number of rotatable bonds is 11. The van der Waals surface area contributed by atoms with Crippen molar-refractivity contribution in [2.75, 3.05) is 0 Å². The number of aliphatic hydroxyl groups excluding tert-OH is 2. The average Bonchev–Trinajstić information content (AvgIpc) is 3.20. The largest absolute Gasteiger partial charge is 0.481 e. The van der Waals surface area contributed by atoms with E-state index in [1.807, 2.05) is 36.4 Å². The molecule has 4 unspecified atom stereocenters. The number of hydrogen-bond acceptors (Lipinski definition) is 5. The molecule has 1 fully saturated rings. The van der Waals surface area contributed by atoms with Crippen molar-refractivity contribution in [2.24, 2.45) is 17.3 Å². The van der Waals surface area contributed by atoms with E-state index in [9.17, 15) is 19.8 Å². The Bertz CT molecular complexity index is 1070. The Hall–Kier alpha value is -1.99. The number of Topliss-reactive ketones (excluding diaryl/α,β-unsaturated/α-hetero) is 1. The van der Waals surface area contributed by atoms with Gasteiger partial charge in [-0.15, -0.1) is 11.3 Å². The van der Waals surface area contributed by atoms with Gasteiger partial charge in [-0.2, -0.15) is 0 Å². The summed E-state index contributed by atoms with van der Waals surface area (Å²) >= 11 is 8.14. The lowest BCUT2D eigenvalue weighted by molar-refractivity contribution is -0.137. The van der Waals surface area contributed by atoms with Gasteiger partial charge in [-0.1, -0.05) is 68.0 Å². The van der Waals surface area contributed by atoms with Crippen LogP contribution < -0.4 is 0 Å². The van der Waals surface area contributed by atoms with E-state index in [-0.39, 0.29) is 24.0 Å². The number of benzene rings is 1. The van der Waals surface area contributed by atoms with E-state index in [2.05, 4.69) is 0 Å². The number of carbonyl (C=O) groups excluding carboxylic acids is 1. The van der Waals surface area contributed by atoms with E-state index in [1.165, 1.54) is 0 Å². The van der Waals surface area contributed by atoms with Crippen LogP contribution in [0.3, 0.4) is 0 Å². The number of unbranched alkanes of at least 4 members (excludes halogenated alkanes) is 1. The molecule has 1 aromatic carbocycles. The summed E-state index contributed by atoms with van der Waals surface area (Å²) < 4.78 is 1.13. The van der Waals surface area contributed by atoms with E-state index < -0.39 is 23.6 Å². The molecule has 7 heteroatoms. The number of aliphatic hydroxyl groups is 2. The number of carboxylic acids is 1. The summed E-state index contributed by atoms with van der Waals surface area (Å²) in [6.45, 7) is 3.52. The lowest BCUT2D eigenvalue weighted by Crippen LogP contribution is -2.31. The first-order valence-corrected chi connectivity index (χ1v) is 12.9. The Labute approximate surface area is 209 Å². The summed E-state index contributed by atoms with van der Waals surface area (Å²) in [6, 6.07) is 7.97. The van der Waals surface area contributed by atoms with E-state index in [0.717, 1.165) is 20.0 Å². The van der Waals surface area contributed by atoms with Gasteiger partial charge in [-0.05, 0) is 38.2 Å². The molecule has 34 heavy (non-hydrogen) atoms. The Balaban J connectivity index is 1.61. The number of ketones is 1. The molecular formula is C27H33ClO5S. The molecule has 1 heterocycles. The van der Waals surface area contributed by atoms with Crippen LogP contribution in [-0.4, -0.2) is 39.3 Å². The lowest BCUT2D eigenvalue weighted by atomic mass is 9.86. The third-order valence-corrected chi connectivity index (χ3v) is 8.46. The predicted octanol–water partition coefficient (Wildman–Crippen LogP) is 5.81. The van der Waals surface area contributed by atoms with Gasteiger partial charge in [0, 0.05) is 33.2 Å². The molecule has 1 aromatic heterocycles. The van der Waals surface area contributed by atoms with Gasteiger partial charge in [0.2, 0.25) is 0 Å². The second kappa shape index (κ2) is 11.6. The van der Waals surface area contributed by atoms with Crippen LogP contribution in [0, 0.1) is 17.3 Å². The highest BCUT2D eigenvalue weighted by atomic mass is 35.5. The Morgan fingerprint density at radius 2 is 2.00 bits per heavy atom. The molecule has 1 aliphatic carbocycles. The number of carbonyl (C=O) groups is 2. The van der Waals surface area contributed by atoms with Gasteiger partial charge in [0.25, 0.3) is 0 Å². The van der Waals surface area contributed by atoms with Crippen LogP contribution in [0.15, 0.2) is 48.6 Å². The molecule has 2 aromatic rings. The van der Waals surface area contributed by atoms with E-state index >= 15 is 0 Å².